The highest BCUT2D eigenvalue weighted by atomic mass is 16.7. The number of nitrogens with zero attached hydrogens (tertiary/aromatic N) is 2. The van der Waals surface area contributed by atoms with Crippen molar-refractivity contribution in [3.05, 3.63) is 36.0 Å². The summed E-state index contributed by atoms with van der Waals surface area (Å²) >= 11 is 0. The van der Waals surface area contributed by atoms with Gasteiger partial charge in [-0.05, 0) is 24.3 Å². The van der Waals surface area contributed by atoms with Crippen molar-refractivity contribution in [2.45, 2.75) is 12.5 Å². The van der Waals surface area contributed by atoms with E-state index < -0.39 is 6.41 Å². The van der Waals surface area contributed by atoms with E-state index in [1.54, 1.807) is 6.07 Å². The number of aromatic nitrogens is 1. The lowest BCUT2D eigenvalue weighted by atomic mass is 10.2. The molecule has 0 spiro atoms. The quantitative estimate of drug-likeness (QED) is 0.866. The standard InChI is InChI=1S/C13H12N2O3/c14-6-9-1-2-12-10(5-9)3-4-15(12)13-17-8-11(7-16)18-13/h1-5,11,13,16H,7-8H2/t11-,13+/m1/s1. The van der Waals surface area contributed by atoms with Gasteiger partial charge in [-0.1, -0.05) is 0 Å². The number of ether oxygens (including phenoxy) is 2. The van der Waals surface area contributed by atoms with Crippen LogP contribution in [0.1, 0.15) is 12.0 Å². The Bertz CT molecular complexity index is 614. The van der Waals surface area contributed by atoms with Crippen LogP contribution in [-0.2, 0) is 9.47 Å². The third-order valence-electron chi connectivity index (χ3n) is 3.01. The molecule has 0 amide bonds. The molecule has 2 heterocycles. The minimum atomic E-state index is -0.507. The molecule has 1 aliphatic rings. The summed E-state index contributed by atoms with van der Waals surface area (Å²) in [6.45, 7) is 0.339. The summed E-state index contributed by atoms with van der Waals surface area (Å²) in [5.41, 5.74) is 1.57. The van der Waals surface area contributed by atoms with Gasteiger partial charge in [0.05, 0.1) is 30.4 Å². The largest absolute Gasteiger partial charge is 0.394 e. The molecule has 1 aromatic carbocycles. The Kier molecular flexibility index (Phi) is 2.76. The zero-order valence-corrected chi connectivity index (χ0v) is 9.61. The molecule has 1 aromatic heterocycles. The second-order valence-corrected chi connectivity index (χ2v) is 4.19. The zero-order chi connectivity index (χ0) is 12.5. The van der Waals surface area contributed by atoms with Crippen molar-refractivity contribution in [3.8, 4) is 6.07 Å². The number of aliphatic hydroxyl groups excluding tert-OH is 1. The first-order chi connectivity index (χ1) is 8.81. The average molecular weight is 244 g/mol. The summed E-state index contributed by atoms with van der Waals surface area (Å²) in [7, 11) is 0. The van der Waals surface area contributed by atoms with Gasteiger partial charge in [-0.2, -0.15) is 5.26 Å². The van der Waals surface area contributed by atoms with Crippen LogP contribution in [0.2, 0.25) is 0 Å². The monoisotopic (exact) mass is 244 g/mol. The first-order valence-corrected chi connectivity index (χ1v) is 5.70. The van der Waals surface area contributed by atoms with E-state index >= 15 is 0 Å². The number of fused-ring (bicyclic) bond motifs is 1. The zero-order valence-electron chi connectivity index (χ0n) is 9.61. The normalized spacial score (nSPS) is 23.3. The van der Waals surface area contributed by atoms with Gasteiger partial charge in [0.15, 0.2) is 0 Å². The molecule has 1 saturated heterocycles. The Hall–Kier alpha value is -1.87. The first kappa shape index (κ1) is 11.2. The Morgan fingerprint density at radius 2 is 2.33 bits per heavy atom. The van der Waals surface area contributed by atoms with Crippen LogP contribution in [-0.4, -0.2) is 29.0 Å². The maximum atomic E-state index is 9.01. The van der Waals surface area contributed by atoms with Crippen LogP contribution in [0.3, 0.4) is 0 Å². The maximum Gasteiger partial charge on any atom is 0.244 e. The molecule has 3 rings (SSSR count). The second kappa shape index (κ2) is 4.42. The van der Waals surface area contributed by atoms with Gasteiger partial charge < -0.3 is 14.6 Å². The fraction of sp³-hybridized carbons (Fsp3) is 0.308. The lowest BCUT2D eigenvalue weighted by molar-refractivity contribution is -0.116. The average Bonchev–Trinajstić information content (AvgIpc) is 3.03. The lowest BCUT2D eigenvalue weighted by Crippen LogP contribution is -2.15. The van der Waals surface area contributed by atoms with Crippen molar-refractivity contribution in [1.29, 1.82) is 5.26 Å². The van der Waals surface area contributed by atoms with Crippen LogP contribution in [0.15, 0.2) is 30.5 Å². The molecule has 0 unspecified atom stereocenters. The van der Waals surface area contributed by atoms with Gasteiger partial charge in [-0.15, -0.1) is 0 Å². The maximum absolute atomic E-state index is 9.01. The van der Waals surface area contributed by atoms with Gasteiger partial charge in [0.2, 0.25) is 6.41 Å². The van der Waals surface area contributed by atoms with E-state index in [2.05, 4.69) is 6.07 Å². The smallest absolute Gasteiger partial charge is 0.244 e. The summed E-state index contributed by atoms with van der Waals surface area (Å²) in [4.78, 5) is 0. The molecule has 5 heteroatoms. The van der Waals surface area contributed by atoms with Crippen molar-refractivity contribution in [2.75, 3.05) is 13.2 Å². The predicted octanol–water partition coefficient (Wildman–Crippen LogP) is 1.38. The minimum absolute atomic E-state index is 0.0473. The Balaban J connectivity index is 1.96. The fourth-order valence-electron chi connectivity index (χ4n) is 2.09. The van der Waals surface area contributed by atoms with Crippen molar-refractivity contribution < 1.29 is 14.6 Å². The van der Waals surface area contributed by atoms with Gasteiger partial charge in [0.25, 0.3) is 0 Å². The van der Waals surface area contributed by atoms with Crippen LogP contribution in [0.25, 0.3) is 10.9 Å². The minimum Gasteiger partial charge on any atom is -0.394 e. The summed E-state index contributed by atoms with van der Waals surface area (Å²) in [6, 6.07) is 9.47. The molecule has 0 radical (unpaired) electrons. The number of aliphatic hydroxyl groups is 1. The Labute approximate surface area is 104 Å². The first-order valence-electron chi connectivity index (χ1n) is 5.70. The van der Waals surface area contributed by atoms with Gasteiger partial charge in [0, 0.05) is 11.6 Å². The molecule has 5 nitrogen and oxygen atoms in total. The van der Waals surface area contributed by atoms with Gasteiger partial charge in [0.1, 0.15) is 6.10 Å². The van der Waals surface area contributed by atoms with E-state index in [9.17, 15) is 0 Å². The SMILES string of the molecule is N#Cc1ccc2c(ccn2[C@H]2OC[C@@H](CO)O2)c1. The molecule has 0 aliphatic carbocycles. The lowest BCUT2D eigenvalue weighted by Gasteiger charge is -2.13. The van der Waals surface area contributed by atoms with Crippen LogP contribution < -0.4 is 0 Å². The summed E-state index contributed by atoms with van der Waals surface area (Å²) in [6.07, 6.45) is 1.08. The molecule has 1 N–H and O–H groups in total. The van der Waals surface area contributed by atoms with E-state index in [1.807, 2.05) is 29.0 Å². The van der Waals surface area contributed by atoms with E-state index in [-0.39, 0.29) is 12.7 Å². The van der Waals surface area contributed by atoms with Gasteiger partial charge >= 0.3 is 0 Å². The van der Waals surface area contributed by atoms with Crippen LogP contribution in [0.4, 0.5) is 0 Å². The molecular weight excluding hydrogens is 232 g/mol. The van der Waals surface area contributed by atoms with Gasteiger partial charge in [-0.25, -0.2) is 0 Å². The highest BCUT2D eigenvalue weighted by molar-refractivity contribution is 5.81. The number of benzene rings is 1. The number of nitriles is 1. The molecule has 92 valence electrons. The molecule has 0 saturated carbocycles. The summed E-state index contributed by atoms with van der Waals surface area (Å²) < 4.78 is 12.9. The molecule has 1 fully saturated rings. The van der Waals surface area contributed by atoms with Crippen molar-refractivity contribution in [1.82, 2.24) is 4.57 Å². The van der Waals surface area contributed by atoms with E-state index in [1.165, 1.54) is 0 Å². The third kappa shape index (κ3) is 1.77. The van der Waals surface area contributed by atoms with E-state index in [0.29, 0.717) is 12.2 Å². The van der Waals surface area contributed by atoms with Crippen LogP contribution >= 0.6 is 0 Å². The van der Waals surface area contributed by atoms with E-state index in [0.717, 1.165) is 10.9 Å². The predicted molar refractivity (Wildman–Crippen MR) is 63.6 cm³/mol. The fourth-order valence-corrected chi connectivity index (χ4v) is 2.09. The van der Waals surface area contributed by atoms with Crippen LogP contribution in [0, 0.1) is 11.3 Å². The molecule has 1 aliphatic heterocycles. The highest BCUT2D eigenvalue weighted by Gasteiger charge is 2.27. The number of hydrogen-bond donors (Lipinski definition) is 1. The number of rotatable bonds is 2. The Morgan fingerprint density at radius 3 is 3.06 bits per heavy atom. The van der Waals surface area contributed by atoms with Gasteiger partial charge in [-0.3, -0.25) is 4.57 Å². The Morgan fingerprint density at radius 1 is 1.44 bits per heavy atom. The van der Waals surface area contributed by atoms with Crippen molar-refractivity contribution in [2.24, 2.45) is 0 Å². The molecule has 2 atom stereocenters. The van der Waals surface area contributed by atoms with Crippen molar-refractivity contribution in [3.63, 3.8) is 0 Å². The number of hydrogen-bond acceptors (Lipinski definition) is 4. The summed E-state index contributed by atoms with van der Waals surface area (Å²) in [5.74, 6) is 0. The van der Waals surface area contributed by atoms with Crippen molar-refractivity contribution >= 4 is 10.9 Å². The second-order valence-electron chi connectivity index (χ2n) is 4.19. The molecule has 0 bridgehead atoms. The van der Waals surface area contributed by atoms with E-state index in [4.69, 9.17) is 19.8 Å². The third-order valence-corrected chi connectivity index (χ3v) is 3.01. The highest BCUT2D eigenvalue weighted by Crippen LogP contribution is 2.27. The molecular formula is C13H12N2O3. The topological polar surface area (TPSA) is 67.4 Å². The molecule has 2 aromatic rings. The van der Waals surface area contributed by atoms with Crippen LogP contribution in [0.5, 0.6) is 0 Å². The summed E-state index contributed by atoms with van der Waals surface area (Å²) in [5, 5.41) is 18.8. The molecule has 18 heavy (non-hydrogen) atoms.